The number of halogens is 2. The summed E-state index contributed by atoms with van der Waals surface area (Å²) < 4.78 is 35.6. The number of nitrogens with two attached hydrogens (primary N) is 1. The fraction of sp³-hybridized carbons (Fsp3) is 0.383. The number of aliphatic carboxylic acids is 1. The highest BCUT2D eigenvalue weighted by atomic mass is 19.1. The number of hydrogen-bond acceptors (Lipinski definition) is 13. The molecule has 6 aromatic rings. The predicted octanol–water partition coefficient (Wildman–Crippen LogP) is 1.14. The Balaban J connectivity index is 1.14. The van der Waals surface area contributed by atoms with E-state index in [-0.39, 0.29) is 74.2 Å². The highest BCUT2D eigenvalue weighted by Gasteiger charge is 2.43. The number of H-pyrrole nitrogens is 3. The maximum absolute atomic E-state index is 14.9. The Labute approximate surface area is 501 Å². The van der Waals surface area contributed by atoms with E-state index in [1.807, 2.05) is 6.08 Å². The summed E-state index contributed by atoms with van der Waals surface area (Å²) >= 11 is 0. The van der Waals surface area contributed by atoms with Gasteiger partial charge in [0.15, 0.2) is 0 Å². The van der Waals surface area contributed by atoms with Crippen molar-refractivity contribution in [3.05, 3.63) is 132 Å². The lowest BCUT2D eigenvalue weighted by molar-refractivity contribution is -0.142. The van der Waals surface area contributed by atoms with Gasteiger partial charge < -0.3 is 77.8 Å². The maximum Gasteiger partial charge on any atom is 0.305 e. The van der Waals surface area contributed by atoms with Crippen LogP contribution in [-0.2, 0) is 78.4 Å². The van der Waals surface area contributed by atoms with Crippen molar-refractivity contribution in [3.8, 4) is 5.75 Å². The lowest BCUT2D eigenvalue weighted by Crippen LogP contribution is -2.60. The van der Waals surface area contributed by atoms with Crippen LogP contribution >= 0.6 is 0 Å². The van der Waals surface area contributed by atoms with Crippen molar-refractivity contribution in [2.75, 3.05) is 19.7 Å². The lowest BCUT2D eigenvalue weighted by atomic mass is 10.0. The molecule has 9 amide bonds. The van der Waals surface area contributed by atoms with Crippen LogP contribution in [0.15, 0.2) is 97.7 Å². The number of primary amides is 1. The van der Waals surface area contributed by atoms with Gasteiger partial charge in [0, 0.05) is 105 Å². The van der Waals surface area contributed by atoms with Crippen molar-refractivity contribution >= 4 is 80.9 Å². The zero-order valence-corrected chi connectivity index (χ0v) is 47.9. The number of nitrogens with one attached hydrogen (secondary N) is 10. The maximum atomic E-state index is 14.9. The molecule has 2 bridgehead atoms. The van der Waals surface area contributed by atoms with Gasteiger partial charge in [0.25, 0.3) is 0 Å². The third kappa shape index (κ3) is 17.6. The number of allylic oxidation sites excluding steroid dienone is 1. The van der Waals surface area contributed by atoms with Crippen molar-refractivity contribution in [3.63, 3.8) is 0 Å². The van der Waals surface area contributed by atoms with Crippen LogP contribution in [-0.4, -0.2) is 162 Å². The highest BCUT2D eigenvalue weighted by molar-refractivity contribution is 5.99. The number of carboxylic acids is 1. The fourth-order valence-electron chi connectivity index (χ4n) is 10.7. The molecule has 14 N–H and O–H groups in total. The van der Waals surface area contributed by atoms with Crippen LogP contribution in [0.25, 0.3) is 21.8 Å². The van der Waals surface area contributed by atoms with E-state index < -0.39 is 138 Å². The zero-order chi connectivity index (χ0) is 63.0. The van der Waals surface area contributed by atoms with E-state index in [0.29, 0.717) is 46.8 Å². The standard InChI is InChI=1S/C60H69F2N13O13/c1-32(76)69-45-7-5-3-2-4-6-18-88-40-25-51(54(63)81)75(30-40)60(87)50(19-33-8-12-39(77)13-9-33)74-58(85)48(24-38-29-64-31-68-38)72-59(86)49(26-53(79)80)73-57(84)47(21-35-28-67-44-15-11-37(62)23-42(35)44)71-56(83)46(70-52(78)16-17-65-55(45)82)20-34-27-66-43-14-10-36(61)22-41(34)43/h4,6,8-15,22-23,27-29,31,40,45-51,66-67,77H,2-3,5,7,16-21,24-26,30H2,1H3,(H2,63,81)(H,64,68)(H,65,82)(H,69,76)(H,70,78)(H,71,83)(H,72,86)(H,73,84)(H,74,85)(H,79,80)/b6-4+/t40-,45+,46-,47-,48-,49-,50-,51-/m0/s1. The third-order valence-electron chi connectivity index (χ3n) is 15.1. The summed E-state index contributed by atoms with van der Waals surface area (Å²) in [6.07, 6.45) is 7.45. The van der Waals surface area contributed by atoms with E-state index in [0.717, 1.165) is 0 Å². The van der Waals surface area contributed by atoms with Gasteiger partial charge >= 0.3 is 5.97 Å². The van der Waals surface area contributed by atoms with Crippen LogP contribution in [0.5, 0.6) is 5.75 Å². The smallest absolute Gasteiger partial charge is 0.305 e. The molecular formula is C60H69F2N13O13. The van der Waals surface area contributed by atoms with Gasteiger partial charge in [-0.1, -0.05) is 30.7 Å². The molecule has 88 heavy (non-hydrogen) atoms. The molecule has 0 saturated carbocycles. The quantitative estimate of drug-likeness (QED) is 0.0765. The number of aromatic nitrogens is 4. The van der Waals surface area contributed by atoms with E-state index in [4.69, 9.17) is 10.5 Å². The fourth-order valence-corrected chi connectivity index (χ4v) is 10.7. The average molecular weight is 1220 g/mol. The Kier molecular flexibility index (Phi) is 21.7. The van der Waals surface area contributed by atoms with Crippen molar-refractivity contribution in [2.45, 2.75) is 126 Å². The Morgan fingerprint density at radius 2 is 1.31 bits per heavy atom. The van der Waals surface area contributed by atoms with Crippen LogP contribution in [0.2, 0.25) is 0 Å². The summed E-state index contributed by atoms with van der Waals surface area (Å²) in [5.41, 5.74) is 8.11. The topological polar surface area (TPSA) is 394 Å². The molecule has 2 aliphatic rings. The lowest BCUT2D eigenvalue weighted by Gasteiger charge is -2.29. The number of carbonyl (C=O) groups is 10. The van der Waals surface area contributed by atoms with Gasteiger partial charge in [0.05, 0.1) is 25.5 Å². The first kappa shape index (κ1) is 64.0. The Morgan fingerprint density at radius 1 is 0.716 bits per heavy atom. The Hall–Kier alpha value is -9.99. The van der Waals surface area contributed by atoms with Gasteiger partial charge in [0.1, 0.15) is 59.7 Å². The van der Waals surface area contributed by atoms with Crippen molar-refractivity contribution in [2.24, 2.45) is 5.73 Å². The number of carboxylic acid groups (broad SMARTS) is 1. The minimum atomic E-state index is -2.00. The van der Waals surface area contributed by atoms with Crippen molar-refractivity contribution < 1.29 is 71.7 Å². The van der Waals surface area contributed by atoms with Crippen molar-refractivity contribution in [1.29, 1.82) is 0 Å². The molecule has 8 atom stereocenters. The Bertz CT molecular complexity index is 3550. The number of ether oxygens (including phenoxy) is 1. The highest BCUT2D eigenvalue weighted by Crippen LogP contribution is 2.26. The number of fused-ring (bicyclic) bond motifs is 4. The van der Waals surface area contributed by atoms with Crippen LogP contribution < -0.4 is 43.0 Å². The number of aromatic hydroxyl groups is 1. The molecule has 0 spiro atoms. The van der Waals surface area contributed by atoms with Gasteiger partial charge in [0.2, 0.25) is 53.2 Å². The first-order chi connectivity index (χ1) is 42.2. The minimum Gasteiger partial charge on any atom is -0.508 e. The number of amides is 9. The predicted molar refractivity (Wildman–Crippen MR) is 312 cm³/mol. The number of carbonyl (C=O) groups excluding carboxylic acids is 9. The number of imidazole rings is 1. The Morgan fingerprint density at radius 3 is 1.90 bits per heavy atom. The third-order valence-corrected chi connectivity index (χ3v) is 15.1. The van der Waals surface area contributed by atoms with E-state index in [2.05, 4.69) is 57.2 Å². The van der Waals surface area contributed by atoms with Gasteiger partial charge in [-0.3, -0.25) is 47.9 Å². The van der Waals surface area contributed by atoms with Crippen LogP contribution in [0.1, 0.15) is 74.3 Å². The molecule has 1 fully saturated rings. The van der Waals surface area contributed by atoms with Crippen LogP contribution in [0, 0.1) is 11.6 Å². The first-order valence-corrected chi connectivity index (χ1v) is 28.6. The summed E-state index contributed by atoms with van der Waals surface area (Å²) in [6.45, 7) is 0.924. The molecule has 5 heterocycles. The van der Waals surface area contributed by atoms with Crippen molar-refractivity contribution in [1.82, 2.24) is 62.1 Å². The minimum absolute atomic E-state index is 0.0000241. The number of phenolic OH excluding ortho intramolecular Hbond substituents is 1. The molecule has 3 aromatic carbocycles. The average Bonchev–Trinajstić information content (AvgIpc) is 3.69. The van der Waals surface area contributed by atoms with Gasteiger partial charge in [-0.05, 0) is 84.5 Å². The number of aromatic amines is 3. The number of rotatable bonds is 12. The SMILES string of the molecule is CC(=O)N[C@@H]1CCCC/C=C/CO[C@H]2C[C@@H](C(N)=O)N(C2)C(=O)[C@H](Cc2ccc(O)cc2)NC(=O)[C@H](Cc2cnc[nH]2)NC(=O)[C@H](CC(=O)O)NC(=O)[C@H](Cc2c[nH]c3ccc(F)cc23)NC(=O)[C@H](Cc2c[nH]c3ccc(F)cc23)NC(=O)CCNC1=O. The van der Waals surface area contributed by atoms with E-state index in [9.17, 15) is 66.9 Å². The number of benzene rings is 3. The molecule has 2 aliphatic heterocycles. The molecule has 1 saturated heterocycles. The summed E-state index contributed by atoms with van der Waals surface area (Å²) in [4.78, 5) is 153. The van der Waals surface area contributed by atoms with Gasteiger partial charge in [-0.15, -0.1) is 0 Å². The molecule has 0 unspecified atom stereocenters. The molecule has 0 radical (unpaired) electrons. The molecule has 28 heteroatoms. The number of nitrogens with zero attached hydrogens (tertiary/aromatic N) is 2. The summed E-state index contributed by atoms with van der Waals surface area (Å²) in [6, 6.07) is 2.81. The van der Waals surface area contributed by atoms with Crippen LogP contribution in [0.4, 0.5) is 8.78 Å². The molecule has 26 nitrogen and oxygen atoms in total. The van der Waals surface area contributed by atoms with Crippen LogP contribution in [0.3, 0.4) is 0 Å². The first-order valence-electron chi connectivity index (χ1n) is 28.6. The van der Waals surface area contributed by atoms with E-state index in [1.54, 1.807) is 6.08 Å². The summed E-state index contributed by atoms with van der Waals surface area (Å²) in [7, 11) is 0. The normalized spacial score (nSPS) is 23.3. The largest absolute Gasteiger partial charge is 0.508 e. The number of hydrogen-bond donors (Lipinski definition) is 13. The molecule has 3 aromatic heterocycles. The summed E-state index contributed by atoms with van der Waals surface area (Å²) in [5, 5.41) is 39.1. The second-order valence-corrected chi connectivity index (χ2v) is 21.7. The van der Waals surface area contributed by atoms with E-state index >= 15 is 0 Å². The molecule has 466 valence electrons. The number of phenols is 1. The second kappa shape index (κ2) is 29.9. The van der Waals surface area contributed by atoms with E-state index in [1.165, 1.54) is 97.4 Å². The molecule has 8 rings (SSSR count). The monoisotopic (exact) mass is 1220 g/mol. The van der Waals surface area contributed by atoms with Gasteiger partial charge in [-0.25, -0.2) is 13.8 Å². The zero-order valence-electron chi connectivity index (χ0n) is 47.9. The second-order valence-electron chi connectivity index (χ2n) is 21.7. The molecular weight excluding hydrogens is 1150 g/mol. The van der Waals surface area contributed by atoms with Gasteiger partial charge in [-0.2, -0.15) is 0 Å². The summed E-state index contributed by atoms with van der Waals surface area (Å²) in [5.74, 6) is -10.8. The molecule has 0 aliphatic carbocycles.